The second kappa shape index (κ2) is 2.34. The minimum absolute atomic E-state index is 0.0439. The molecule has 82 valence electrons. The maximum atomic E-state index is 10.6. The largest absolute Gasteiger partial charge is 0.387 e. The Labute approximate surface area is 85.1 Å². The van der Waals surface area contributed by atoms with Crippen LogP contribution in [0.5, 0.6) is 0 Å². The van der Waals surface area contributed by atoms with Gasteiger partial charge in [0.15, 0.2) is 0 Å². The second-order valence-electron chi connectivity index (χ2n) is 5.34. The van der Waals surface area contributed by atoms with E-state index < -0.39 is 16.8 Å². The van der Waals surface area contributed by atoms with Gasteiger partial charge in [0.05, 0.1) is 11.7 Å². The first-order chi connectivity index (χ1) is 6.19. The van der Waals surface area contributed by atoms with E-state index in [1.165, 1.54) is 0 Å². The van der Waals surface area contributed by atoms with Gasteiger partial charge in [0, 0.05) is 0 Å². The number of hydrogen-bond donors (Lipinski definition) is 2. The lowest BCUT2D eigenvalue weighted by atomic mass is 9.69. The molecule has 1 heterocycles. The Kier molecular flexibility index (Phi) is 1.74. The molecule has 3 heteroatoms. The van der Waals surface area contributed by atoms with E-state index in [2.05, 4.69) is 0 Å². The molecular weight excluding hydrogens is 180 g/mol. The van der Waals surface area contributed by atoms with Crippen LogP contribution < -0.4 is 0 Å². The number of fused-ring (bicyclic) bond motifs is 1. The molecule has 0 aromatic heterocycles. The van der Waals surface area contributed by atoms with E-state index in [0.717, 1.165) is 0 Å². The van der Waals surface area contributed by atoms with Crippen LogP contribution in [-0.2, 0) is 4.74 Å². The molecule has 1 aliphatic carbocycles. The van der Waals surface area contributed by atoms with Gasteiger partial charge in [-0.25, -0.2) is 0 Å². The van der Waals surface area contributed by atoms with Gasteiger partial charge >= 0.3 is 0 Å². The fraction of sp³-hybridized carbons (Fsp3) is 1.00. The molecule has 2 fully saturated rings. The molecule has 2 aliphatic rings. The Morgan fingerprint density at radius 1 is 1.00 bits per heavy atom. The molecule has 0 radical (unpaired) electrons. The first kappa shape index (κ1) is 10.4. The van der Waals surface area contributed by atoms with Crippen LogP contribution in [0, 0.1) is 11.8 Å². The minimum Gasteiger partial charge on any atom is -0.387 e. The van der Waals surface area contributed by atoms with Gasteiger partial charge in [-0.3, -0.25) is 0 Å². The predicted molar refractivity (Wildman–Crippen MR) is 52.9 cm³/mol. The van der Waals surface area contributed by atoms with Crippen molar-refractivity contribution in [3.63, 3.8) is 0 Å². The molecule has 2 N–H and O–H groups in total. The number of aliphatic hydroxyl groups is 2. The van der Waals surface area contributed by atoms with Crippen LogP contribution in [0.25, 0.3) is 0 Å². The Hall–Kier alpha value is -0.120. The van der Waals surface area contributed by atoms with E-state index in [1.54, 1.807) is 6.92 Å². The molecule has 3 unspecified atom stereocenters. The smallest absolute Gasteiger partial charge is 0.126 e. The molecule has 0 spiro atoms. The van der Waals surface area contributed by atoms with Crippen molar-refractivity contribution in [3.8, 4) is 0 Å². The molecule has 2 rings (SSSR count). The van der Waals surface area contributed by atoms with Gasteiger partial charge in [0.1, 0.15) is 11.2 Å². The molecule has 1 saturated heterocycles. The Morgan fingerprint density at radius 2 is 1.50 bits per heavy atom. The summed E-state index contributed by atoms with van der Waals surface area (Å²) in [7, 11) is 0. The van der Waals surface area contributed by atoms with E-state index in [0.29, 0.717) is 0 Å². The molecule has 6 atom stereocenters. The zero-order valence-electron chi connectivity index (χ0n) is 9.53. The lowest BCUT2D eigenvalue weighted by Crippen LogP contribution is -2.76. The lowest BCUT2D eigenvalue weighted by molar-refractivity contribution is -0.367. The van der Waals surface area contributed by atoms with Crippen LogP contribution in [-0.4, -0.2) is 33.1 Å². The first-order valence-electron chi connectivity index (χ1n) is 5.32. The van der Waals surface area contributed by atoms with E-state index in [4.69, 9.17) is 4.74 Å². The van der Waals surface area contributed by atoms with E-state index in [-0.39, 0.29) is 17.9 Å². The summed E-state index contributed by atoms with van der Waals surface area (Å²) in [6.07, 6.45) is -0.182. The SMILES string of the molecule is CC1O[C@@]2(C)[C@]1(O)C(C)C(C)[C@]2(C)O. The maximum absolute atomic E-state index is 10.6. The molecule has 0 aromatic carbocycles. The van der Waals surface area contributed by atoms with E-state index in [9.17, 15) is 10.2 Å². The van der Waals surface area contributed by atoms with Crippen LogP contribution in [0.1, 0.15) is 34.6 Å². The highest BCUT2D eigenvalue weighted by Crippen LogP contribution is 2.63. The summed E-state index contributed by atoms with van der Waals surface area (Å²) in [6.45, 7) is 9.41. The van der Waals surface area contributed by atoms with Crippen molar-refractivity contribution < 1.29 is 14.9 Å². The summed E-state index contributed by atoms with van der Waals surface area (Å²) in [4.78, 5) is 0. The summed E-state index contributed by atoms with van der Waals surface area (Å²) in [5, 5.41) is 20.9. The van der Waals surface area contributed by atoms with E-state index >= 15 is 0 Å². The summed E-state index contributed by atoms with van der Waals surface area (Å²) < 4.78 is 5.61. The molecule has 3 nitrogen and oxygen atoms in total. The third kappa shape index (κ3) is 0.698. The third-order valence-electron chi connectivity index (χ3n) is 5.09. The Morgan fingerprint density at radius 3 is 1.79 bits per heavy atom. The average molecular weight is 200 g/mol. The van der Waals surface area contributed by atoms with Crippen LogP contribution in [0.2, 0.25) is 0 Å². The van der Waals surface area contributed by atoms with Gasteiger partial charge in [-0.15, -0.1) is 0 Å². The second-order valence-corrected chi connectivity index (χ2v) is 5.34. The van der Waals surface area contributed by atoms with Crippen molar-refractivity contribution in [3.05, 3.63) is 0 Å². The Balaban J connectivity index is 2.50. The maximum Gasteiger partial charge on any atom is 0.126 e. The highest BCUT2D eigenvalue weighted by atomic mass is 16.6. The highest BCUT2D eigenvalue weighted by molar-refractivity contribution is 5.28. The predicted octanol–water partition coefficient (Wildman–Crippen LogP) is 0.932. The molecule has 0 aromatic rings. The topological polar surface area (TPSA) is 49.7 Å². The normalized spacial score (nSPS) is 67.5. The number of ether oxygens (including phenoxy) is 1. The lowest BCUT2D eigenvalue weighted by Gasteiger charge is -2.59. The van der Waals surface area contributed by atoms with Crippen LogP contribution in [0.4, 0.5) is 0 Å². The molecule has 0 amide bonds. The summed E-state index contributed by atoms with van der Waals surface area (Å²) in [5.41, 5.74) is -2.64. The van der Waals surface area contributed by atoms with Gasteiger partial charge in [-0.2, -0.15) is 0 Å². The zero-order valence-corrected chi connectivity index (χ0v) is 9.53. The van der Waals surface area contributed by atoms with Gasteiger partial charge in [0.25, 0.3) is 0 Å². The molecule has 14 heavy (non-hydrogen) atoms. The quantitative estimate of drug-likeness (QED) is 0.611. The van der Waals surface area contributed by atoms with Crippen molar-refractivity contribution in [2.24, 2.45) is 11.8 Å². The fourth-order valence-electron chi connectivity index (χ4n) is 3.50. The molecule has 0 bridgehead atoms. The van der Waals surface area contributed by atoms with Crippen molar-refractivity contribution in [2.45, 2.75) is 57.5 Å². The first-order valence-corrected chi connectivity index (χ1v) is 5.32. The molecular formula is C11H20O3. The van der Waals surface area contributed by atoms with Crippen molar-refractivity contribution in [1.82, 2.24) is 0 Å². The molecule has 1 saturated carbocycles. The van der Waals surface area contributed by atoms with Crippen molar-refractivity contribution in [2.75, 3.05) is 0 Å². The Bertz CT molecular complexity index is 274. The van der Waals surface area contributed by atoms with Gasteiger partial charge in [-0.1, -0.05) is 13.8 Å². The summed E-state index contributed by atoms with van der Waals surface area (Å²) in [6, 6.07) is 0. The standard InChI is InChI=1S/C11H20O3/c1-6-7(2)11(13)8(3)14-10(11,5)9(6,4)12/h6-8,12-13H,1-5H3/t6?,7?,8?,9-,10+,11-/m0/s1. The average Bonchev–Trinajstić information content (AvgIpc) is 2.18. The highest BCUT2D eigenvalue weighted by Gasteiger charge is 2.78. The van der Waals surface area contributed by atoms with Gasteiger partial charge in [-0.05, 0) is 32.6 Å². The molecule has 1 aliphatic heterocycles. The summed E-state index contributed by atoms with van der Waals surface area (Å²) in [5.74, 6) is 0.105. The minimum atomic E-state index is -0.951. The van der Waals surface area contributed by atoms with Crippen LogP contribution >= 0.6 is 0 Å². The van der Waals surface area contributed by atoms with Crippen LogP contribution in [0.15, 0.2) is 0 Å². The van der Waals surface area contributed by atoms with E-state index in [1.807, 2.05) is 27.7 Å². The van der Waals surface area contributed by atoms with Crippen LogP contribution in [0.3, 0.4) is 0 Å². The number of rotatable bonds is 0. The van der Waals surface area contributed by atoms with Crippen molar-refractivity contribution in [1.29, 1.82) is 0 Å². The van der Waals surface area contributed by atoms with Gasteiger partial charge in [0.2, 0.25) is 0 Å². The number of hydrogen-bond acceptors (Lipinski definition) is 3. The summed E-state index contributed by atoms with van der Waals surface area (Å²) >= 11 is 0. The van der Waals surface area contributed by atoms with Gasteiger partial charge < -0.3 is 14.9 Å². The zero-order chi connectivity index (χ0) is 10.9. The monoisotopic (exact) mass is 200 g/mol. The fourth-order valence-corrected chi connectivity index (χ4v) is 3.50. The van der Waals surface area contributed by atoms with Crippen molar-refractivity contribution >= 4 is 0 Å². The third-order valence-corrected chi connectivity index (χ3v) is 5.09.